The van der Waals surface area contributed by atoms with Gasteiger partial charge in [0.15, 0.2) is 0 Å². The number of hydrogen-bond acceptors (Lipinski definition) is 3. The molecule has 0 aromatic heterocycles. The highest BCUT2D eigenvalue weighted by Gasteiger charge is 2.41. The highest BCUT2D eigenvalue weighted by Crippen LogP contribution is 2.30. The van der Waals surface area contributed by atoms with E-state index in [1.165, 1.54) is 5.56 Å². The Balaban J connectivity index is 0.00000261. The molecule has 0 radical (unpaired) electrons. The van der Waals surface area contributed by atoms with Gasteiger partial charge in [-0.2, -0.15) is 0 Å². The second-order valence-corrected chi connectivity index (χ2v) is 8.91. The summed E-state index contributed by atoms with van der Waals surface area (Å²) >= 11 is 0. The predicted molar refractivity (Wildman–Crippen MR) is 110 cm³/mol. The van der Waals surface area contributed by atoms with Crippen molar-refractivity contribution in [2.45, 2.75) is 58.0 Å². The fourth-order valence-corrected chi connectivity index (χ4v) is 4.15. The minimum Gasteiger partial charge on any atom is -0.339 e. The summed E-state index contributed by atoms with van der Waals surface area (Å²) in [5, 5.41) is 0. The summed E-state index contributed by atoms with van der Waals surface area (Å²) in [6.45, 7) is 8.07. The van der Waals surface area contributed by atoms with Crippen LogP contribution in [-0.4, -0.2) is 53.3 Å². The first-order valence-corrected chi connectivity index (χ1v) is 9.65. The third-order valence-electron chi connectivity index (χ3n) is 5.44. The summed E-state index contributed by atoms with van der Waals surface area (Å²) in [4.78, 5) is 29.5. The van der Waals surface area contributed by atoms with Crippen LogP contribution in [0.5, 0.6) is 0 Å². The molecule has 1 aromatic rings. The van der Waals surface area contributed by atoms with E-state index in [9.17, 15) is 9.59 Å². The minimum atomic E-state index is -0.313. The first kappa shape index (κ1) is 21.7. The Morgan fingerprint density at radius 2 is 1.81 bits per heavy atom. The maximum atomic E-state index is 13.1. The molecule has 2 N–H and O–H groups in total. The van der Waals surface area contributed by atoms with Gasteiger partial charge in [0.05, 0.1) is 0 Å². The van der Waals surface area contributed by atoms with Crippen molar-refractivity contribution in [1.29, 1.82) is 0 Å². The molecule has 2 fully saturated rings. The Morgan fingerprint density at radius 3 is 2.44 bits per heavy atom. The number of benzene rings is 1. The van der Waals surface area contributed by atoms with E-state index in [0.29, 0.717) is 26.1 Å². The average molecular weight is 394 g/mol. The monoisotopic (exact) mass is 393 g/mol. The van der Waals surface area contributed by atoms with E-state index in [1.807, 2.05) is 23.1 Å². The molecule has 3 rings (SSSR count). The molecule has 150 valence electrons. The molecule has 2 aliphatic heterocycles. The lowest BCUT2D eigenvalue weighted by Crippen LogP contribution is -2.48. The van der Waals surface area contributed by atoms with Crippen LogP contribution >= 0.6 is 12.4 Å². The van der Waals surface area contributed by atoms with Crippen LogP contribution < -0.4 is 5.73 Å². The van der Waals surface area contributed by atoms with Crippen LogP contribution in [0.15, 0.2) is 30.3 Å². The zero-order valence-corrected chi connectivity index (χ0v) is 17.4. The van der Waals surface area contributed by atoms with Crippen LogP contribution in [0, 0.1) is 5.41 Å². The fourth-order valence-electron chi connectivity index (χ4n) is 4.15. The van der Waals surface area contributed by atoms with Gasteiger partial charge in [-0.25, -0.2) is 0 Å². The van der Waals surface area contributed by atoms with Crippen LogP contribution in [0.1, 0.15) is 51.5 Å². The number of halogens is 1. The molecule has 0 bridgehead atoms. The number of likely N-dealkylation sites (tertiary alicyclic amines) is 2. The minimum absolute atomic E-state index is 0. The number of nitrogens with two attached hydrogens (primary N) is 1. The van der Waals surface area contributed by atoms with E-state index in [4.69, 9.17) is 5.73 Å². The van der Waals surface area contributed by atoms with Crippen molar-refractivity contribution >= 4 is 24.2 Å². The van der Waals surface area contributed by atoms with Crippen LogP contribution in [0.4, 0.5) is 0 Å². The van der Waals surface area contributed by atoms with Crippen molar-refractivity contribution < 1.29 is 9.59 Å². The average Bonchev–Trinajstić information content (AvgIpc) is 3.20. The zero-order valence-electron chi connectivity index (χ0n) is 16.6. The van der Waals surface area contributed by atoms with Gasteiger partial charge in [-0.1, -0.05) is 51.1 Å². The molecule has 2 saturated heterocycles. The molecule has 2 aliphatic rings. The van der Waals surface area contributed by atoms with Gasteiger partial charge < -0.3 is 15.5 Å². The van der Waals surface area contributed by atoms with Crippen LogP contribution in [-0.2, 0) is 9.59 Å². The molecule has 3 atom stereocenters. The third kappa shape index (κ3) is 5.02. The lowest BCUT2D eigenvalue weighted by molar-refractivity contribution is -0.144. The lowest BCUT2D eigenvalue weighted by Gasteiger charge is -2.30. The molecule has 0 spiro atoms. The molecule has 0 aliphatic carbocycles. The van der Waals surface area contributed by atoms with E-state index in [0.717, 1.165) is 12.8 Å². The summed E-state index contributed by atoms with van der Waals surface area (Å²) < 4.78 is 0. The van der Waals surface area contributed by atoms with Gasteiger partial charge in [0, 0.05) is 38.0 Å². The largest absolute Gasteiger partial charge is 0.339 e. The Kier molecular flexibility index (Phi) is 6.92. The highest BCUT2D eigenvalue weighted by molar-refractivity contribution is 5.88. The van der Waals surface area contributed by atoms with Gasteiger partial charge in [-0.15, -0.1) is 12.4 Å². The molecule has 2 heterocycles. The molecule has 5 nitrogen and oxygen atoms in total. The summed E-state index contributed by atoms with van der Waals surface area (Å²) in [6.07, 6.45) is 2.13. The van der Waals surface area contributed by atoms with Gasteiger partial charge >= 0.3 is 0 Å². The number of nitrogens with zero attached hydrogens (tertiary/aromatic N) is 2. The third-order valence-corrected chi connectivity index (χ3v) is 5.44. The van der Waals surface area contributed by atoms with E-state index >= 15 is 0 Å². The molecule has 0 saturated carbocycles. The molecule has 2 amide bonds. The zero-order chi connectivity index (χ0) is 18.9. The molecule has 1 aromatic carbocycles. The van der Waals surface area contributed by atoms with E-state index < -0.39 is 0 Å². The quantitative estimate of drug-likeness (QED) is 0.858. The maximum absolute atomic E-state index is 13.1. The first-order valence-electron chi connectivity index (χ1n) is 9.65. The second kappa shape index (κ2) is 8.61. The summed E-state index contributed by atoms with van der Waals surface area (Å²) in [5.41, 5.74) is 7.46. The number of carbonyl (C=O) groups is 2. The van der Waals surface area contributed by atoms with E-state index in [-0.39, 0.29) is 47.6 Å². The van der Waals surface area contributed by atoms with Crippen molar-refractivity contribution in [3.05, 3.63) is 35.9 Å². The van der Waals surface area contributed by atoms with Crippen LogP contribution in [0.2, 0.25) is 0 Å². The van der Waals surface area contributed by atoms with E-state index in [1.54, 1.807) is 4.90 Å². The summed E-state index contributed by atoms with van der Waals surface area (Å²) in [7, 11) is 0. The number of rotatable bonds is 3. The number of amides is 2. The van der Waals surface area contributed by atoms with Gasteiger partial charge in [-0.05, 0) is 23.8 Å². The summed E-state index contributed by atoms with van der Waals surface area (Å²) in [6, 6.07) is 9.80. The van der Waals surface area contributed by atoms with Crippen molar-refractivity contribution in [3.8, 4) is 0 Å². The fraction of sp³-hybridized carbons (Fsp3) is 0.619. The standard InChI is InChI=1S/C21H31N3O2.ClH/c1-21(2,3)12-19(25)24-11-7-10-18(24)20(26)23-13-16(17(22)14-23)15-8-5-4-6-9-15;/h4-6,8-9,16-18H,7,10-14,22H2,1-3H3;1H/t16-,17+,18?;/m0./s1. The highest BCUT2D eigenvalue weighted by atomic mass is 35.5. The number of carbonyl (C=O) groups excluding carboxylic acids is 2. The normalized spacial score (nSPS) is 25.4. The predicted octanol–water partition coefficient (Wildman–Crippen LogP) is 2.79. The van der Waals surface area contributed by atoms with Gasteiger partial charge in [0.1, 0.15) is 6.04 Å². The maximum Gasteiger partial charge on any atom is 0.245 e. The number of hydrogen-bond donors (Lipinski definition) is 1. The Hall–Kier alpha value is -1.59. The summed E-state index contributed by atoms with van der Waals surface area (Å²) in [5.74, 6) is 0.329. The second-order valence-electron chi connectivity index (χ2n) is 8.91. The molecule has 6 heteroatoms. The Bertz CT molecular complexity index is 659. The molecular formula is C21H32ClN3O2. The van der Waals surface area contributed by atoms with Crippen molar-refractivity contribution in [1.82, 2.24) is 9.80 Å². The first-order chi connectivity index (χ1) is 12.3. The smallest absolute Gasteiger partial charge is 0.245 e. The molecule has 1 unspecified atom stereocenters. The van der Waals surface area contributed by atoms with Crippen molar-refractivity contribution in [2.75, 3.05) is 19.6 Å². The Morgan fingerprint density at radius 1 is 1.15 bits per heavy atom. The Labute approximate surface area is 168 Å². The van der Waals surface area contributed by atoms with Gasteiger partial charge in [-0.3, -0.25) is 9.59 Å². The topological polar surface area (TPSA) is 66.6 Å². The SMILES string of the molecule is CC(C)(C)CC(=O)N1CCCC1C(=O)N1C[C@@H](N)[C@H](c2ccccc2)C1.Cl. The van der Waals surface area contributed by atoms with Gasteiger partial charge in [0.2, 0.25) is 11.8 Å². The van der Waals surface area contributed by atoms with E-state index in [2.05, 4.69) is 32.9 Å². The van der Waals surface area contributed by atoms with Crippen LogP contribution in [0.25, 0.3) is 0 Å². The molecule has 27 heavy (non-hydrogen) atoms. The van der Waals surface area contributed by atoms with Crippen LogP contribution in [0.3, 0.4) is 0 Å². The van der Waals surface area contributed by atoms with Gasteiger partial charge in [0.25, 0.3) is 0 Å². The lowest BCUT2D eigenvalue weighted by atomic mass is 9.91. The molecular weight excluding hydrogens is 362 g/mol. The van der Waals surface area contributed by atoms with Crippen molar-refractivity contribution in [3.63, 3.8) is 0 Å². The van der Waals surface area contributed by atoms with Crippen molar-refractivity contribution in [2.24, 2.45) is 11.1 Å².